The molecule has 0 aliphatic carbocycles. The van der Waals surface area contributed by atoms with Gasteiger partial charge in [0.25, 0.3) is 0 Å². The predicted octanol–water partition coefficient (Wildman–Crippen LogP) is 4.49. The summed E-state index contributed by atoms with van der Waals surface area (Å²) in [5.41, 5.74) is 1.39. The third-order valence-electron chi connectivity index (χ3n) is 3.90. The lowest BCUT2D eigenvalue weighted by Crippen LogP contribution is -2.37. The molecule has 2 nitrogen and oxygen atoms in total. The van der Waals surface area contributed by atoms with Gasteiger partial charge in [-0.3, -0.25) is 4.90 Å². The summed E-state index contributed by atoms with van der Waals surface area (Å²) in [4.78, 5) is 2.51. The standard InChI is InChI=1S/C18H20BrNO/c19-16-6-8-17(9-7-16)21-18-10-12-20(13-11-18)14-15-4-2-1-3-5-15/h1-9,18H,10-14H2. The van der Waals surface area contributed by atoms with E-state index >= 15 is 0 Å². The fraction of sp³-hybridized carbons (Fsp3) is 0.333. The maximum atomic E-state index is 6.06. The number of likely N-dealkylation sites (tertiary alicyclic amines) is 1. The molecule has 0 bridgehead atoms. The van der Waals surface area contributed by atoms with E-state index in [1.165, 1.54) is 5.56 Å². The lowest BCUT2D eigenvalue weighted by molar-refractivity contribution is 0.0968. The first kappa shape index (κ1) is 14.6. The van der Waals surface area contributed by atoms with Crippen molar-refractivity contribution in [3.8, 4) is 5.75 Å². The van der Waals surface area contributed by atoms with Crippen LogP contribution in [0.3, 0.4) is 0 Å². The largest absolute Gasteiger partial charge is 0.490 e. The van der Waals surface area contributed by atoms with Crippen molar-refractivity contribution in [1.29, 1.82) is 0 Å². The molecule has 3 rings (SSSR count). The first-order valence-electron chi connectivity index (χ1n) is 7.48. The van der Waals surface area contributed by atoms with Crippen LogP contribution in [0.2, 0.25) is 0 Å². The van der Waals surface area contributed by atoms with Crippen molar-refractivity contribution in [3.63, 3.8) is 0 Å². The number of rotatable bonds is 4. The van der Waals surface area contributed by atoms with E-state index in [1.54, 1.807) is 0 Å². The van der Waals surface area contributed by atoms with Crippen molar-refractivity contribution in [2.45, 2.75) is 25.5 Å². The summed E-state index contributed by atoms with van der Waals surface area (Å²) in [5.74, 6) is 0.972. The van der Waals surface area contributed by atoms with Crippen molar-refractivity contribution < 1.29 is 4.74 Å². The van der Waals surface area contributed by atoms with Crippen molar-refractivity contribution in [3.05, 3.63) is 64.6 Å². The van der Waals surface area contributed by atoms with Gasteiger partial charge < -0.3 is 4.74 Å². The predicted molar refractivity (Wildman–Crippen MR) is 89.5 cm³/mol. The molecular weight excluding hydrogens is 326 g/mol. The van der Waals surface area contributed by atoms with E-state index in [0.717, 1.165) is 42.7 Å². The second-order valence-corrected chi connectivity index (χ2v) is 6.45. The molecule has 2 aromatic rings. The van der Waals surface area contributed by atoms with Crippen LogP contribution in [-0.4, -0.2) is 24.1 Å². The van der Waals surface area contributed by atoms with Crippen LogP contribution in [0.25, 0.3) is 0 Å². The van der Waals surface area contributed by atoms with Crippen molar-refractivity contribution in [1.82, 2.24) is 4.90 Å². The van der Waals surface area contributed by atoms with Crippen LogP contribution in [0.5, 0.6) is 5.75 Å². The van der Waals surface area contributed by atoms with Gasteiger partial charge in [0, 0.05) is 24.1 Å². The third-order valence-corrected chi connectivity index (χ3v) is 4.43. The average molecular weight is 346 g/mol. The molecule has 0 spiro atoms. The SMILES string of the molecule is Brc1ccc(OC2CCN(Cc3ccccc3)CC2)cc1. The first-order valence-corrected chi connectivity index (χ1v) is 8.27. The lowest BCUT2D eigenvalue weighted by Gasteiger charge is -2.32. The van der Waals surface area contributed by atoms with E-state index in [1.807, 2.05) is 24.3 Å². The molecular formula is C18H20BrNO. The topological polar surface area (TPSA) is 12.5 Å². The van der Waals surface area contributed by atoms with Crippen LogP contribution in [0, 0.1) is 0 Å². The number of hydrogen-bond donors (Lipinski definition) is 0. The Morgan fingerprint density at radius 3 is 2.29 bits per heavy atom. The summed E-state index contributed by atoms with van der Waals surface area (Å²) in [6, 6.07) is 18.8. The molecule has 0 aromatic heterocycles. The molecule has 0 radical (unpaired) electrons. The summed E-state index contributed by atoms with van der Waals surface area (Å²) in [6.07, 6.45) is 2.55. The molecule has 21 heavy (non-hydrogen) atoms. The van der Waals surface area contributed by atoms with E-state index in [-0.39, 0.29) is 0 Å². The van der Waals surface area contributed by atoms with Crippen LogP contribution < -0.4 is 4.74 Å². The number of piperidine rings is 1. The molecule has 0 atom stereocenters. The van der Waals surface area contributed by atoms with Gasteiger partial charge in [-0.05, 0) is 42.7 Å². The Morgan fingerprint density at radius 1 is 0.952 bits per heavy atom. The second-order valence-electron chi connectivity index (χ2n) is 5.53. The fourth-order valence-electron chi connectivity index (χ4n) is 2.73. The molecule has 1 saturated heterocycles. The molecule has 0 unspecified atom stereocenters. The summed E-state index contributed by atoms with van der Waals surface area (Å²) in [7, 11) is 0. The molecule has 110 valence electrons. The minimum absolute atomic E-state index is 0.346. The highest BCUT2D eigenvalue weighted by atomic mass is 79.9. The quantitative estimate of drug-likeness (QED) is 0.809. The van der Waals surface area contributed by atoms with Gasteiger partial charge in [0.2, 0.25) is 0 Å². The maximum absolute atomic E-state index is 6.06. The zero-order valence-corrected chi connectivity index (χ0v) is 13.6. The monoisotopic (exact) mass is 345 g/mol. The number of halogens is 1. The number of nitrogens with zero attached hydrogens (tertiary/aromatic N) is 1. The Kier molecular flexibility index (Phi) is 4.94. The summed E-state index contributed by atoms with van der Waals surface area (Å²) in [6.45, 7) is 3.26. The normalized spacial score (nSPS) is 16.8. The van der Waals surface area contributed by atoms with Gasteiger partial charge in [-0.2, -0.15) is 0 Å². The molecule has 1 heterocycles. The van der Waals surface area contributed by atoms with Crippen LogP contribution in [0.4, 0.5) is 0 Å². The van der Waals surface area contributed by atoms with Crippen LogP contribution in [0.15, 0.2) is 59.1 Å². The van der Waals surface area contributed by atoms with Crippen LogP contribution in [0.1, 0.15) is 18.4 Å². The van der Waals surface area contributed by atoms with Gasteiger partial charge >= 0.3 is 0 Å². The molecule has 0 amide bonds. The fourth-order valence-corrected chi connectivity index (χ4v) is 3.00. The van der Waals surface area contributed by atoms with Crippen molar-refractivity contribution in [2.24, 2.45) is 0 Å². The second kappa shape index (κ2) is 7.10. The highest BCUT2D eigenvalue weighted by molar-refractivity contribution is 9.10. The van der Waals surface area contributed by atoms with E-state index in [9.17, 15) is 0 Å². The maximum Gasteiger partial charge on any atom is 0.119 e. The molecule has 1 aliphatic heterocycles. The van der Waals surface area contributed by atoms with Crippen molar-refractivity contribution >= 4 is 15.9 Å². The first-order chi connectivity index (χ1) is 10.3. The Hall–Kier alpha value is -1.32. The van der Waals surface area contributed by atoms with Gasteiger partial charge in [0.15, 0.2) is 0 Å². The van der Waals surface area contributed by atoms with Gasteiger partial charge in [-0.15, -0.1) is 0 Å². The molecule has 0 N–H and O–H groups in total. The number of hydrogen-bond acceptors (Lipinski definition) is 2. The molecule has 0 saturated carbocycles. The zero-order valence-electron chi connectivity index (χ0n) is 12.0. The lowest BCUT2D eigenvalue weighted by atomic mass is 10.1. The highest BCUT2D eigenvalue weighted by Crippen LogP contribution is 2.22. The third kappa shape index (κ3) is 4.32. The van der Waals surface area contributed by atoms with Crippen LogP contribution in [-0.2, 0) is 6.54 Å². The van der Waals surface area contributed by atoms with Gasteiger partial charge in [0.05, 0.1) is 0 Å². The highest BCUT2D eigenvalue weighted by Gasteiger charge is 2.20. The molecule has 2 aromatic carbocycles. The number of benzene rings is 2. The van der Waals surface area contributed by atoms with Crippen LogP contribution >= 0.6 is 15.9 Å². The van der Waals surface area contributed by atoms with E-state index < -0.39 is 0 Å². The Morgan fingerprint density at radius 2 is 1.62 bits per heavy atom. The zero-order chi connectivity index (χ0) is 14.5. The average Bonchev–Trinajstić information content (AvgIpc) is 2.53. The Labute approximate surface area is 134 Å². The van der Waals surface area contributed by atoms with Gasteiger partial charge in [-0.1, -0.05) is 46.3 Å². The summed E-state index contributed by atoms with van der Waals surface area (Å²) in [5, 5.41) is 0. The van der Waals surface area contributed by atoms with Gasteiger partial charge in [0.1, 0.15) is 11.9 Å². The summed E-state index contributed by atoms with van der Waals surface area (Å²) < 4.78 is 7.15. The molecule has 1 aliphatic rings. The number of ether oxygens (including phenoxy) is 1. The van der Waals surface area contributed by atoms with Gasteiger partial charge in [-0.25, -0.2) is 0 Å². The van der Waals surface area contributed by atoms with E-state index in [2.05, 4.69) is 51.2 Å². The molecule has 1 fully saturated rings. The molecule has 3 heteroatoms. The minimum atomic E-state index is 0.346. The smallest absolute Gasteiger partial charge is 0.119 e. The summed E-state index contributed by atoms with van der Waals surface area (Å²) >= 11 is 3.45. The Balaban J connectivity index is 1.47. The Bertz CT molecular complexity index is 547. The van der Waals surface area contributed by atoms with E-state index in [0.29, 0.717) is 6.10 Å². The van der Waals surface area contributed by atoms with E-state index in [4.69, 9.17) is 4.74 Å². The minimum Gasteiger partial charge on any atom is -0.490 e. The van der Waals surface area contributed by atoms with Crippen molar-refractivity contribution in [2.75, 3.05) is 13.1 Å².